The van der Waals surface area contributed by atoms with Gasteiger partial charge in [-0.05, 0) is 38.1 Å². The molecule has 1 nitrogen and oxygen atoms in total. The van der Waals surface area contributed by atoms with Crippen molar-refractivity contribution in [1.29, 1.82) is 0 Å². The van der Waals surface area contributed by atoms with Crippen LogP contribution in [0.4, 0.5) is 0 Å². The molecule has 1 aliphatic rings. The Hall–Kier alpha value is -0.0400. The second kappa shape index (κ2) is 9.83. The van der Waals surface area contributed by atoms with E-state index in [4.69, 9.17) is 0 Å². The molecule has 1 fully saturated rings. The fourth-order valence-electron chi connectivity index (χ4n) is 3.21. The number of nitrogens with one attached hydrogen (secondary N) is 1. The van der Waals surface area contributed by atoms with Crippen molar-refractivity contribution in [3.05, 3.63) is 0 Å². The maximum Gasteiger partial charge on any atom is 0.00388 e. The second-order valence-electron chi connectivity index (χ2n) is 6.53. The maximum absolute atomic E-state index is 3.77. The summed E-state index contributed by atoms with van der Waals surface area (Å²) in [5, 5.41) is 3.77. The van der Waals surface area contributed by atoms with Crippen LogP contribution in [0.25, 0.3) is 0 Å². The molecular formula is C17H35N. The fraction of sp³-hybridized carbons (Fsp3) is 1.00. The van der Waals surface area contributed by atoms with Gasteiger partial charge in [-0.3, -0.25) is 0 Å². The fourth-order valence-corrected chi connectivity index (χ4v) is 3.21. The maximum atomic E-state index is 3.77. The standard InChI is InChI=1S/C17H35N/c1-4-5-6-7-8-12-16(3)18-14-17-13-10-9-11-15(17)2/h15-18H,4-14H2,1-3H3. The van der Waals surface area contributed by atoms with E-state index in [-0.39, 0.29) is 0 Å². The van der Waals surface area contributed by atoms with Gasteiger partial charge in [-0.15, -0.1) is 0 Å². The summed E-state index contributed by atoms with van der Waals surface area (Å²) in [6, 6.07) is 0.723. The molecule has 0 radical (unpaired) electrons. The highest BCUT2D eigenvalue weighted by molar-refractivity contribution is 4.75. The van der Waals surface area contributed by atoms with Gasteiger partial charge in [0, 0.05) is 6.04 Å². The summed E-state index contributed by atoms with van der Waals surface area (Å²) in [6.07, 6.45) is 14.2. The SMILES string of the molecule is CCCCCCCC(C)NCC1CCCCC1C. The molecule has 1 heteroatoms. The van der Waals surface area contributed by atoms with Crippen molar-refractivity contribution in [2.75, 3.05) is 6.54 Å². The van der Waals surface area contributed by atoms with Gasteiger partial charge < -0.3 is 5.32 Å². The molecule has 1 N–H and O–H groups in total. The summed E-state index contributed by atoms with van der Waals surface area (Å²) in [6.45, 7) is 8.36. The van der Waals surface area contributed by atoms with E-state index in [1.165, 1.54) is 70.8 Å². The first-order valence-electron chi connectivity index (χ1n) is 8.47. The quantitative estimate of drug-likeness (QED) is 0.560. The van der Waals surface area contributed by atoms with Crippen molar-refractivity contribution in [3.8, 4) is 0 Å². The molecule has 0 saturated heterocycles. The number of unbranched alkanes of at least 4 members (excludes halogenated alkanes) is 4. The van der Waals surface area contributed by atoms with Crippen LogP contribution in [0, 0.1) is 11.8 Å². The molecule has 1 rings (SSSR count). The van der Waals surface area contributed by atoms with Gasteiger partial charge in [0.2, 0.25) is 0 Å². The van der Waals surface area contributed by atoms with Crippen LogP contribution in [-0.2, 0) is 0 Å². The lowest BCUT2D eigenvalue weighted by atomic mass is 9.80. The van der Waals surface area contributed by atoms with Crippen LogP contribution in [0.1, 0.15) is 85.0 Å². The predicted molar refractivity (Wildman–Crippen MR) is 82.0 cm³/mol. The van der Waals surface area contributed by atoms with E-state index < -0.39 is 0 Å². The normalized spacial score (nSPS) is 26.2. The number of hydrogen-bond acceptors (Lipinski definition) is 1. The zero-order valence-electron chi connectivity index (χ0n) is 13.0. The molecule has 3 unspecified atom stereocenters. The molecule has 0 aromatic carbocycles. The number of hydrogen-bond donors (Lipinski definition) is 1. The number of rotatable bonds is 9. The highest BCUT2D eigenvalue weighted by Crippen LogP contribution is 2.28. The monoisotopic (exact) mass is 253 g/mol. The minimum atomic E-state index is 0.723. The Bertz CT molecular complexity index is 190. The van der Waals surface area contributed by atoms with E-state index in [0.29, 0.717) is 0 Å². The van der Waals surface area contributed by atoms with Gasteiger partial charge in [-0.1, -0.05) is 65.2 Å². The van der Waals surface area contributed by atoms with E-state index in [1.54, 1.807) is 0 Å². The third-order valence-corrected chi connectivity index (χ3v) is 4.76. The van der Waals surface area contributed by atoms with Gasteiger partial charge >= 0.3 is 0 Å². The second-order valence-corrected chi connectivity index (χ2v) is 6.53. The highest BCUT2D eigenvalue weighted by atomic mass is 14.9. The molecule has 1 saturated carbocycles. The van der Waals surface area contributed by atoms with Crippen LogP contribution in [0.15, 0.2) is 0 Å². The van der Waals surface area contributed by atoms with E-state index >= 15 is 0 Å². The van der Waals surface area contributed by atoms with Crippen molar-refractivity contribution in [3.63, 3.8) is 0 Å². The summed E-state index contributed by atoms with van der Waals surface area (Å²) in [5.41, 5.74) is 0. The largest absolute Gasteiger partial charge is 0.314 e. The summed E-state index contributed by atoms with van der Waals surface area (Å²) in [4.78, 5) is 0. The third kappa shape index (κ3) is 6.78. The van der Waals surface area contributed by atoms with Gasteiger partial charge in [0.15, 0.2) is 0 Å². The van der Waals surface area contributed by atoms with Gasteiger partial charge in [0.1, 0.15) is 0 Å². The van der Waals surface area contributed by atoms with Crippen LogP contribution < -0.4 is 5.32 Å². The van der Waals surface area contributed by atoms with E-state index in [2.05, 4.69) is 26.1 Å². The Labute approximate surface area is 115 Å². The molecule has 0 aromatic heterocycles. The molecule has 108 valence electrons. The third-order valence-electron chi connectivity index (χ3n) is 4.76. The lowest BCUT2D eigenvalue weighted by Crippen LogP contribution is -2.34. The lowest BCUT2D eigenvalue weighted by Gasteiger charge is -2.30. The Balaban J connectivity index is 2.00. The van der Waals surface area contributed by atoms with Crippen molar-refractivity contribution in [2.45, 2.75) is 91.0 Å². The smallest absolute Gasteiger partial charge is 0.00388 e. The van der Waals surface area contributed by atoms with Crippen LogP contribution in [0.3, 0.4) is 0 Å². The van der Waals surface area contributed by atoms with Gasteiger partial charge in [0.25, 0.3) is 0 Å². The van der Waals surface area contributed by atoms with Crippen LogP contribution >= 0.6 is 0 Å². The van der Waals surface area contributed by atoms with Crippen LogP contribution in [0.2, 0.25) is 0 Å². The van der Waals surface area contributed by atoms with E-state index in [1.807, 2.05) is 0 Å². The molecule has 0 spiro atoms. The Morgan fingerprint density at radius 2 is 1.78 bits per heavy atom. The minimum absolute atomic E-state index is 0.723. The van der Waals surface area contributed by atoms with Gasteiger partial charge in [-0.2, -0.15) is 0 Å². The van der Waals surface area contributed by atoms with Crippen LogP contribution in [-0.4, -0.2) is 12.6 Å². The summed E-state index contributed by atoms with van der Waals surface area (Å²) < 4.78 is 0. The van der Waals surface area contributed by atoms with Gasteiger partial charge in [-0.25, -0.2) is 0 Å². The molecular weight excluding hydrogens is 218 g/mol. The first-order valence-corrected chi connectivity index (χ1v) is 8.47. The summed E-state index contributed by atoms with van der Waals surface area (Å²) >= 11 is 0. The first-order chi connectivity index (χ1) is 8.74. The molecule has 0 aromatic rings. The highest BCUT2D eigenvalue weighted by Gasteiger charge is 2.21. The first kappa shape index (κ1) is 16.0. The average Bonchev–Trinajstić information content (AvgIpc) is 2.37. The Kier molecular flexibility index (Phi) is 8.75. The summed E-state index contributed by atoms with van der Waals surface area (Å²) in [7, 11) is 0. The Morgan fingerprint density at radius 3 is 2.50 bits per heavy atom. The Morgan fingerprint density at radius 1 is 1.06 bits per heavy atom. The van der Waals surface area contributed by atoms with Gasteiger partial charge in [0.05, 0.1) is 0 Å². The topological polar surface area (TPSA) is 12.0 Å². The molecule has 0 heterocycles. The molecule has 0 amide bonds. The molecule has 0 aliphatic heterocycles. The van der Waals surface area contributed by atoms with Crippen molar-refractivity contribution < 1.29 is 0 Å². The minimum Gasteiger partial charge on any atom is -0.314 e. The summed E-state index contributed by atoms with van der Waals surface area (Å²) in [5.74, 6) is 1.89. The van der Waals surface area contributed by atoms with Crippen molar-refractivity contribution in [2.24, 2.45) is 11.8 Å². The molecule has 3 atom stereocenters. The van der Waals surface area contributed by atoms with Crippen LogP contribution in [0.5, 0.6) is 0 Å². The van der Waals surface area contributed by atoms with E-state index in [9.17, 15) is 0 Å². The molecule has 0 bridgehead atoms. The molecule has 1 aliphatic carbocycles. The zero-order chi connectivity index (χ0) is 13.2. The van der Waals surface area contributed by atoms with E-state index in [0.717, 1.165) is 17.9 Å². The van der Waals surface area contributed by atoms with Crippen molar-refractivity contribution >= 4 is 0 Å². The lowest BCUT2D eigenvalue weighted by molar-refractivity contribution is 0.240. The predicted octanol–water partition coefficient (Wildman–Crippen LogP) is 5.15. The van der Waals surface area contributed by atoms with Crippen molar-refractivity contribution in [1.82, 2.24) is 5.32 Å². The zero-order valence-corrected chi connectivity index (χ0v) is 13.0. The molecule has 18 heavy (non-hydrogen) atoms. The average molecular weight is 253 g/mol.